The summed E-state index contributed by atoms with van der Waals surface area (Å²) < 4.78 is 5.66. The molecule has 0 radical (unpaired) electrons. The Morgan fingerprint density at radius 3 is 2.83 bits per heavy atom. The van der Waals surface area contributed by atoms with Gasteiger partial charge in [-0.3, -0.25) is 0 Å². The van der Waals surface area contributed by atoms with Gasteiger partial charge in [0.05, 0.1) is 6.54 Å². The lowest BCUT2D eigenvalue weighted by Crippen LogP contribution is -2.38. The molecule has 0 aliphatic carbocycles. The van der Waals surface area contributed by atoms with Crippen LogP contribution in [0.1, 0.15) is 12.5 Å². The number of aliphatic imine (C=N–C) groups is 1. The van der Waals surface area contributed by atoms with Gasteiger partial charge in [-0.05, 0) is 13.0 Å². The molecule has 5 heteroatoms. The topological polar surface area (TPSA) is 45.6 Å². The summed E-state index contributed by atoms with van der Waals surface area (Å²) in [5.74, 6) is 3.68. The summed E-state index contributed by atoms with van der Waals surface area (Å²) in [4.78, 5) is 4.63. The van der Waals surface area contributed by atoms with Crippen LogP contribution in [0.25, 0.3) is 0 Å². The number of benzene rings is 1. The molecule has 0 fully saturated rings. The normalized spacial score (nSPS) is 10.9. The van der Waals surface area contributed by atoms with Gasteiger partial charge in [-0.25, -0.2) is 4.99 Å². The van der Waals surface area contributed by atoms with Gasteiger partial charge in [-0.1, -0.05) is 36.9 Å². The minimum atomic E-state index is 0.500. The molecule has 0 aromatic heterocycles. The number of hydrogen-bond acceptors (Lipinski definition) is 3. The van der Waals surface area contributed by atoms with Crippen LogP contribution in [0.4, 0.5) is 0 Å². The highest BCUT2D eigenvalue weighted by molar-refractivity contribution is 7.99. The van der Waals surface area contributed by atoms with Crippen LogP contribution in [0.15, 0.2) is 54.6 Å². The highest BCUT2D eigenvalue weighted by Gasteiger charge is 2.03. The van der Waals surface area contributed by atoms with Gasteiger partial charge in [-0.15, -0.1) is 6.58 Å². The van der Waals surface area contributed by atoms with Gasteiger partial charge in [0.1, 0.15) is 12.4 Å². The second-order valence-corrected chi connectivity index (χ2v) is 5.84. The van der Waals surface area contributed by atoms with Gasteiger partial charge in [0.2, 0.25) is 0 Å². The van der Waals surface area contributed by atoms with Crippen molar-refractivity contribution in [3.05, 3.63) is 55.1 Å². The second-order valence-electron chi connectivity index (χ2n) is 4.69. The number of guanidine groups is 1. The van der Waals surface area contributed by atoms with Crippen LogP contribution < -0.4 is 15.4 Å². The summed E-state index contributed by atoms with van der Waals surface area (Å²) in [5, 5.41) is 6.60. The van der Waals surface area contributed by atoms with Crippen LogP contribution in [0.5, 0.6) is 5.75 Å². The third-order valence-electron chi connectivity index (χ3n) is 2.86. The lowest BCUT2D eigenvalue weighted by molar-refractivity contribution is 0.359. The van der Waals surface area contributed by atoms with Crippen LogP contribution in [0.3, 0.4) is 0 Å². The van der Waals surface area contributed by atoms with E-state index in [-0.39, 0.29) is 0 Å². The lowest BCUT2D eigenvalue weighted by Gasteiger charge is -2.12. The number of rotatable bonds is 11. The molecule has 0 aliphatic heterocycles. The minimum Gasteiger partial charge on any atom is -0.489 e. The molecule has 0 saturated carbocycles. The van der Waals surface area contributed by atoms with E-state index in [0.29, 0.717) is 13.2 Å². The van der Waals surface area contributed by atoms with Crippen molar-refractivity contribution >= 4 is 17.7 Å². The third kappa shape index (κ3) is 8.35. The summed E-state index contributed by atoms with van der Waals surface area (Å²) in [6.45, 7) is 12.2. The maximum absolute atomic E-state index is 5.66. The van der Waals surface area contributed by atoms with Crippen molar-refractivity contribution in [1.82, 2.24) is 10.6 Å². The lowest BCUT2D eigenvalue weighted by atomic mass is 10.2. The predicted molar refractivity (Wildman–Crippen MR) is 102 cm³/mol. The molecule has 0 spiro atoms. The molecule has 1 rings (SSSR count). The maximum Gasteiger partial charge on any atom is 0.191 e. The van der Waals surface area contributed by atoms with Gasteiger partial charge in [0.15, 0.2) is 5.96 Å². The average Bonchev–Trinajstić information content (AvgIpc) is 2.58. The number of hydrogen-bond donors (Lipinski definition) is 2. The van der Waals surface area contributed by atoms with Crippen molar-refractivity contribution in [2.45, 2.75) is 13.5 Å². The molecular formula is C18H27N3OS. The molecule has 2 N–H and O–H groups in total. The van der Waals surface area contributed by atoms with Crippen LogP contribution in [-0.4, -0.2) is 37.2 Å². The zero-order valence-corrected chi connectivity index (χ0v) is 14.7. The Labute approximate surface area is 144 Å². The first-order valence-electron chi connectivity index (χ1n) is 7.84. The maximum atomic E-state index is 5.66. The molecule has 4 nitrogen and oxygen atoms in total. The Morgan fingerprint density at radius 1 is 1.26 bits per heavy atom. The van der Waals surface area contributed by atoms with E-state index in [1.807, 2.05) is 42.1 Å². The summed E-state index contributed by atoms with van der Waals surface area (Å²) in [7, 11) is 0. The van der Waals surface area contributed by atoms with E-state index in [9.17, 15) is 0 Å². The Hall–Kier alpha value is -1.88. The smallest absolute Gasteiger partial charge is 0.191 e. The number of ether oxygens (including phenoxy) is 1. The Morgan fingerprint density at radius 2 is 2.09 bits per heavy atom. The second kappa shape index (κ2) is 12.6. The molecule has 0 atom stereocenters. The number of nitrogens with zero attached hydrogens (tertiary/aromatic N) is 1. The quantitative estimate of drug-likeness (QED) is 0.282. The van der Waals surface area contributed by atoms with Gasteiger partial charge in [0.25, 0.3) is 0 Å². The summed E-state index contributed by atoms with van der Waals surface area (Å²) in [6.07, 6.45) is 3.66. The molecule has 0 unspecified atom stereocenters. The molecule has 1 aromatic rings. The van der Waals surface area contributed by atoms with Crippen LogP contribution in [0.2, 0.25) is 0 Å². The molecular weight excluding hydrogens is 306 g/mol. The Bertz CT molecular complexity index is 503. The van der Waals surface area contributed by atoms with E-state index >= 15 is 0 Å². The number of nitrogens with one attached hydrogen (secondary N) is 2. The van der Waals surface area contributed by atoms with Crippen molar-refractivity contribution in [2.75, 3.05) is 31.2 Å². The first-order chi connectivity index (χ1) is 11.3. The standard InChI is InChI=1S/C18H27N3OS/c1-4-12-22-17-10-8-7-9-16(17)15-21-18(19-6-3)20-11-14-23-13-5-2/h4-5,7-10H,1-2,6,11-15H2,3H3,(H2,19,20,21). The monoisotopic (exact) mass is 333 g/mol. The fourth-order valence-electron chi connectivity index (χ4n) is 1.84. The van der Waals surface area contributed by atoms with Crippen molar-refractivity contribution in [3.8, 4) is 5.75 Å². The van der Waals surface area contributed by atoms with E-state index < -0.39 is 0 Å². The fraction of sp³-hybridized carbons (Fsp3) is 0.389. The summed E-state index contributed by atoms with van der Waals surface area (Å²) >= 11 is 1.85. The first kappa shape index (κ1) is 19.2. The highest BCUT2D eigenvalue weighted by atomic mass is 32.2. The SMILES string of the molecule is C=CCOc1ccccc1CN=C(NCC)NCCSCC=C. The minimum absolute atomic E-state index is 0.500. The number of para-hydroxylation sites is 1. The highest BCUT2D eigenvalue weighted by Crippen LogP contribution is 2.18. The molecule has 0 saturated heterocycles. The van der Waals surface area contributed by atoms with E-state index in [4.69, 9.17) is 4.74 Å². The van der Waals surface area contributed by atoms with Crippen LogP contribution >= 0.6 is 11.8 Å². The Balaban J connectivity index is 2.58. The van der Waals surface area contributed by atoms with Gasteiger partial charge >= 0.3 is 0 Å². The predicted octanol–water partition coefficient (Wildman–Crippen LogP) is 3.23. The molecule has 0 aliphatic rings. The first-order valence-corrected chi connectivity index (χ1v) is 8.99. The largest absolute Gasteiger partial charge is 0.489 e. The summed E-state index contributed by atoms with van der Waals surface area (Å²) in [5.41, 5.74) is 1.06. The van der Waals surface area contributed by atoms with Crippen molar-refractivity contribution in [3.63, 3.8) is 0 Å². The van der Waals surface area contributed by atoms with E-state index in [1.54, 1.807) is 6.08 Å². The van der Waals surface area contributed by atoms with Crippen LogP contribution in [-0.2, 0) is 6.54 Å². The molecule has 0 amide bonds. The molecule has 0 heterocycles. The molecule has 126 valence electrons. The zero-order chi connectivity index (χ0) is 16.8. The Kier molecular flexibility index (Phi) is 10.5. The van der Waals surface area contributed by atoms with E-state index in [2.05, 4.69) is 35.7 Å². The van der Waals surface area contributed by atoms with Gasteiger partial charge in [0, 0.05) is 30.2 Å². The number of thioether (sulfide) groups is 1. The van der Waals surface area contributed by atoms with Crippen molar-refractivity contribution in [2.24, 2.45) is 4.99 Å². The fourth-order valence-corrected chi connectivity index (χ4v) is 2.42. The third-order valence-corrected chi connectivity index (χ3v) is 3.82. The van der Waals surface area contributed by atoms with Gasteiger partial charge in [-0.2, -0.15) is 11.8 Å². The van der Waals surface area contributed by atoms with Crippen molar-refractivity contribution < 1.29 is 4.74 Å². The average molecular weight is 334 g/mol. The van der Waals surface area contributed by atoms with E-state index in [1.165, 1.54) is 0 Å². The van der Waals surface area contributed by atoms with Crippen LogP contribution in [0, 0.1) is 0 Å². The molecule has 1 aromatic carbocycles. The van der Waals surface area contributed by atoms with Crippen molar-refractivity contribution in [1.29, 1.82) is 0 Å². The zero-order valence-electron chi connectivity index (χ0n) is 13.9. The molecule has 0 bridgehead atoms. The summed E-state index contributed by atoms with van der Waals surface area (Å²) in [6, 6.07) is 7.95. The molecule has 23 heavy (non-hydrogen) atoms. The van der Waals surface area contributed by atoms with Gasteiger partial charge < -0.3 is 15.4 Å². The van der Waals surface area contributed by atoms with E-state index in [0.717, 1.165) is 41.9 Å².